The standard InChI is InChI=1S/C19H22N2O2/c1-19(2,3)23-18(22)21-20-17-15-10-6-4-8-13(15)12-14-9-5-7-11-16(14)17/h4-11,17,20H,12H2,1-3H3,(H,21,22). The van der Waals surface area contributed by atoms with Crippen LogP contribution in [0.2, 0.25) is 0 Å². The molecule has 2 N–H and O–H groups in total. The largest absolute Gasteiger partial charge is 0.443 e. The van der Waals surface area contributed by atoms with Gasteiger partial charge in [0.2, 0.25) is 0 Å². The van der Waals surface area contributed by atoms with Crippen molar-refractivity contribution in [3.05, 3.63) is 70.8 Å². The third-order valence-electron chi connectivity index (χ3n) is 3.83. The zero-order chi connectivity index (χ0) is 16.4. The molecule has 1 aliphatic carbocycles. The third-order valence-corrected chi connectivity index (χ3v) is 3.83. The number of nitrogens with one attached hydrogen (secondary N) is 2. The van der Waals surface area contributed by atoms with Crippen molar-refractivity contribution in [2.45, 2.75) is 38.8 Å². The SMILES string of the molecule is CC(C)(C)OC(=O)NNC1c2ccccc2Cc2ccccc21. The highest BCUT2D eigenvalue weighted by Gasteiger charge is 2.25. The van der Waals surface area contributed by atoms with E-state index in [2.05, 4.69) is 35.1 Å². The van der Waals surface area contributed by atoms with Crippen molar-refractivity contribution in [3.63, 3.8) is 0 Å². The summed E-state index contributed by atoms with van der Waals surface area (Å²) in [6, 6.07) is 16.5. The second kappa shape index (κ2) is 6.05. The van der Waals surface area contributed by atoms with Crippen LogP contribution in [-0.4, -0.2) is 11.7 Å². The summed E-state index contributed by atoms with van der Waals surface area (Å²) < 4.78 is 5.29. The number of rotatable bonds is 2. The summed E-state index contributed by atoms with van der Waals surface area (Å²) in [4.78, 5) is 11.9. The second-order valence-corrected chi connectivity index (χ2v) is 6.78. The Labute approximate surface area is 136 Å². The Balaban J connectivity index is 1.83. The lowest BCUT2D eigenvalue weighted by molar-refractivity contribution is 0.0491. The number of ether oxygens (including phenoxy) is 1. The molecular weight excluding hydrogens is 288 g/mol. The molecule has 1 aliphatic rings. The van der Waals surface area contributed by atoms with Crippen molar-refractivity contribution in [2.24, 2.45) is 0 Å². The third kappa shape index (κ3) is 3.54. The Morgan fingerprint density at radius 1 is 1.00 bits per heavy atom. The number of hydrazine groups is 1. The van der Waals surface area contributed by atoms with Gasteiger partial charge >= 0.3 is 6.09 Å². The maximum absolute atomic E-state index is 11.9. The summed E-state index contributed by atoms with van der Waals surface area (Å²) in [6.45, 7) is 5.54. The lowest BCUT2D eigenvalue weighted by Crippen LogP contribution is -2.44. The molecule has 23 heavy (non-hydrogen) atoms. The molecule has 3 rings (SSSR count). The average Bonchev–Trinajstić information content (AvgIpc) is 2.49. The molecule has 0 saturated carbocycles. The van der Waals surface area contributed by atoms with Crippen LogP contribution in [0.15, 0.2) is 48.5 Å². The number of benzene rings is 2. The molecular formula is C19H22N2O2. The first kappa shape index (κ1) is 15.6. The van der Waals surface area contributed by atoms with Gasteiger partial charge in [-0.3, -0.25) is 5.43 Å². The van der Waals surface area contributed by atoms with Gasteiger partial charge in [-0.2, -0.15) is 0 Å². The molecule has 1 amide bonds. The van der Waals surface area contributed by atoms with Crippen LogP contribution >= 0.6 is 0 Å². The first-order chi connectivity index (χ1) is 10.9. The zero-order valence-electron chi connectivity index (χ0n) is 13.7. The maximum atomic E-state index is 11.9. The Bertz CT molecular complexity index is 674. The summed E-state index contributed by atoms with van der Waals surface area (Å²) in [5.41, 5.74) is 10.2. The minimum atomic E-state index is -0.520. The number of hydrogen-bond donors (Lipinski definition) is 2. The van der Waals surface area contributed by atoms with Gasteiger partial charge in [0, 0.05) is 0 Å². The summed E-state index contributed by atoms with van der Waals surface area (Å²) in [7, 11) is 0. The van der Waals surface area contributed by atoms with Crippen LogP contribution in [0.25, 0.3) is 0 Å². The summed E-state index contributed by atoms with van der Waals surface area (Å²) >= 11 is 0. The monoisotopic (exact) mass is 310 g/mol. The van der Waals surface area contributed by atoms with E-state index in [1.807, 2.05) is 45.0 Å². The maximum Gasteiger partial charge on any atom is 0.422 e. The van der Waals surface area contributed by atoms with Gasteiger partial charge in [-0.25, -0.2) is 10.2 Å². The van der Waals surface area contributed by atoms with E-state index in [0.29, 0.717) is 0 Å². The van der Waals surface area contributed by atoms with Crippen molar-refractivity contribution in [1.29, 1.82) is 0 Å². The van der Waals surface area contributed by atoms with Crippen molar-refractivity contribution < 1.29 is 9.53 Å². The van der Waals surface area contributed by atoms with Gasteiger partial charge in [0.15, 0.2) is 0 Å². The fraction of sp³-hybridized carbons (Fsp3) is 0.316. The molecule has 0 aromatic heterocycles. The van der Waals surface area contributed by atoms with E-state index in [-0.39, 0.29) is 6.04 Å². The Kier molecular flexibility index (Phi) is 4.09. The Morgan fingerprint density at radius 2 is 1.52 bits per heavy atom. The van der Waals surface area contributed by atoms with E-state index in [1.54, 1.807) is 0 Å². The number of fused-ring (bicyclic) bond motifs is 2. The molecule has 0 atom stereocenters. The molecule has 2 aromatic carbocycles. The number of hydrogen-bond acceptors (Lipinski definition) is 3. The van der Waals surface area contributed by atoms with Crippen LogP contribution in [0, 0.1) is 0 Å². The molecule has 0 heterocycles. The van der Waals surface area contributed by atoms with Gasteiger partial charge in [0.25, 0.3) is 0 Å². The smallest absolute Gasteiger partial charge is 0.422 e. The molecule has 4 heteroatoms. The van der Waals surface area contributed by atoms with Crippen molar-refractivity contribution in [1.82, 2.24) is 10.9 Å². The van der Waals surface area contributed by atoms with Crippen molar-refractivity contribution in [2.75, 3.05) is 0 Å². The number of carbonyl (C=O) groups is 1. The molecule has 0 fully saturated rings. The Morgan fingerprint density at radius 3 is 2.04 bits per heavy atom. The van der Waals surface area contributed by atoms with Crippen LogP contribution in [0.3, 0.4) is 0 Å². The topological polar surface area (TPSA) is 50.4 Å². The molecule has 0 unspecified atom stereocenters. The minimum absolute atomic E-state index is 0.0799. The predicted octanol–water partition coefficient (Wildman–Crippen LogP) is 3.71. The quantitative estimate of drug-likeness (QED) is 0.831. The summed E-state index contributed by atoms with van der Waals surface area (Å²) in [5, 5.41) is 0. The van der Waals surface area contributed by atoms with Crippen molar-refractivity contribution in [3.8, 4) is 0 Å². The molecule has 4 nitrogen and oxygen atoms in total. The van der Waals surface area contributed by atoms with Crippen LogP contribution < -0.4 is 10.9 Å². The average molecular weight is 310 g/mol. The molecule has 0 saturated heterocycles. The van der Waals surface area contributed by atoms with E-state index in [0.717, 1.165) is 6.42 Å². The first-order valence-corrected chi connectivity index (χ1v) is 7.84. The first-order valence-electron chi connectivity index (χ1n) is 7.84. The van der Waals surface area contributed by atoms with E-state index in [4.69, 9.17) is 4.74 Å². The van der Waals surface area contributed by atoms with E-state index < -0.39 is 11.7 Å². The molecule has 0 spiro atoms. The van der Waals surface area contributed by atoms with Gasteiger partial charge in [0.1, 0.15) is 5.60 Å². The molecule has 0 bridgehead atoms. The highest BCUT2D eigenvalue weighted by molar-refractivity contribution is 5.67. The van der Waals surface area contributed by atoms with Gasteiger partial charge in [-0.15, -0.1) is 0 Å². The summed E-state index contributed by atoms with van der Waals surface area (Å²) in [5.74, 6) is 0. The minimum Gasteiger partial charge on any atom is -0.443 e. The summed E-state index contributed by atoms with van der Waals surface area (Å²) in [6.07, 6.45) is 0.440. The second-order valence-electron chi connectivity index (χ2n) is 6.78. The van der Waals surface area contributed by atoms with E-state index in [9.17, 15) is 4.79 Å². The van der Waals surface area contributed by atoms with Crippen LogP contribution in [0.4, 0.5) is 4.79 Å². The Hall–Kier alpha value is -2.33. The number of carbonyl (C=O) groups excluding carboxylic acids is 1. The lowest BCUT2D eigenvalue weighted by Gasteiger charge is -2.29. The molecule has 2 aromatic rings. The fourth-order valence-corrected chi connectivity index (χ4v) is 2.92. The fourth-order valence-electron chi connectivity index (χ4n) is 2.92. The lowest BCUT2D eigenvalue weighted by atomic mass is 9.83. The van der Waals surface area contributed by atoms with Crippen LogP contribution in [0.5, 0.6) is 0 Å². The van der Waals surface area contributed by atoms with E-state index >= 15 is 0 Å². The number of amides is 1. The molecule has 120 valence electrons. The zero-order valence-corrected chi connectivity index (χ0v) is 13.7. The highest BCUT2D eigenvalue weighted by Crippen LogP contribution is 2.34. The van der Waals surface area contributed by atoms with Crippen LogP contribution in [0.1, 0.15) is 49.1 Å². The predicted molar refractivity (Wildman–Crippen MR) is 90.0 cm³/mol. The van der Waals surface area contributed by atoms with E-state index in [1.165, 1.54) is 22.3 Å². The van der Waals surface area contributed by atoms with Gasteiger partial charge in [-0.1, -0.05) is 48.5 Å². The molecule has 0 aliphatic heterocycles. The highest BCUT2D eigenvalue weighted by atomic mass is 16.6. The van der Waals surface area contributed by atoms with Crippen molar-refractivity contribution >= 4 is 6.09 Å². The van der Waals surface area contributed by atoms with Gasteiger partial charge in [-0.05, 0) is 49.4 Å². The van der Waals surface area contributed by atoms with Gasteiger partial charge in [0.05, 0.1) is 6.04 Å². The van der Waals surface area contributed by atoms with Crippen LogP contribution in [-0.2, 0) is 11.2 Å². The normalized spacial score (nSPS) is 13.9. The van der Waals surface area contributed by atoms with Gasteiger partial charge < -0.3 is 4.74 Å². The molecule has 0 radical (unpaired) electrons.